The summed E-state index contributed by atoms with van der Waals surface area (Å²) in [4.78, 5) is 19.3. The van der Waals surface area contributed by atoms with Crippen molar-refractivity contribution in [3.8, 4) is 0 Å². The average molecular weight is 296 g/mol. The topological polar surface area (TPSA) is 42.0 Å². The van der Waals surface area contributed by atoms with Gasteiger partial charge >= 0.3 is 0 Å². The zero-order chi connectivity index (χ0) is 14.6. The third-order valence-electron chi connectivity index (χ3n) is 4.01. The zero-order valence-electron chi connectivity index (χ0n) is 12.1. The summed E-state index contributed by atoms with van der Waals surface area (Å²) in [5.74, 6) is 0.704. The molecule has 21 heavy (non-hydrogen) atoms. The highest BCUT2D eigenvalue weighted by Gasteiger charge is 2.28. The summed E-state index contributed by atoms with van der Waals surface area (Å²) in [6.45, 7) is 4.06. The first-order valence-corrected chi connectivity index (χ1v) is 8.05. The fourth-order valence-electron chi connectivity index (χ4n) is 2.66. The molecule has 1 aliphatic heterocycles. The molecule has 0 spiro atoms. The van der Waals surface area contributed by atoms with Gasteiger partial charge in [0.1, 0.15) is 0 Å². The van der Waals surface area contributed by atoms with E-state index in [2.05, 4.69) is 23.3 Å². The van der Waals surface area contributed by atoms with Gasteiger partial charge in [-0.2, -0.15) is 0 Å². The number of pyridine rings is 1. The van der Waals surface area contributed by atoms with Gasteiger partial charge in [0, 0.05) is 15.4 Å². The van der Waals surface area contributed by atoms with E-state index < -0.39 is 0 Å². The molecular formula is C17H16N2OS. The van der Waals surface area contributed by atoms with Crippen molar-refractivity contribution in [2.24, 2.45) is 0 Å². The standard InChI is InChI=1S/C17H16N2OS/c1-9-7-15(11-4-5-11)21-14(9)8-12-16-13(19-17(12)20)6-3-10(2)18-16/h3,6-8,11H,4-5H2,1-2H3,(H,19,20). The maximum Gasteiger partial charge on any atom is 0.258 e. The van der Waals surface area contributed by atoms with Crippen LogP contribution in [0.2, 0.25) is 0 Å². The smallest absolute Gasteiger partial charge is 0.258 e. The van der Waals surface area contributed by atoms with Crippen LogP contribution in [0.25, 0.3) is 11.6 Å². The van der Waals surface area contributed by atoms with Crippen LogP contribution < -0.4 is 5.32 Å². The number of nitrogens with zero attached hydrogens (tertiary/aromatic N) is 1. The summed E-state index contributed by atoms with van der Waals surface area (Å²) >= 11 is 1.81. The second-order valence-electron chi connectivity index (χ2n) is 5.83. The van der Waals surface area contributed by atoms with E-state index >= 15 is 0 Å². The summed E-state index contributed by atoms with van der Waals surface area (Å²) in [7, 11) is 0. The van der Waals surface area contributed by atoms with Gasteiger partial charge in [-0.05, 0) is 62.4 Å². The third-order valence-corrected chi connectivity index (χ3v) is 5.36. The molecule has 1 saturated carbocycles. The summed E-state index contributed by atoms with van der Waals surface area (Å²) < 4.78 is 0. The molecule has 0 atom stereocenters. The molecule has 2 aliphatic rings. The van der Waals surface area contributed by atoms with Crippen molar-refractivity contribution < 1.29 is 4.79 Å². The quantitative estimate of drug-likeness (QED) is 0.847. The van der Waals surface area contributed by atoms with Crippen LogP contribution in [-0.2, 0) is 4.79 Å². The predicted molar refractivity (Wildman–Crippen MR) is 86.5 cm³/mol. The Bertz CT molecular complexity index is 784. The first kappa shape index (κ1) is 12.8. The number of carbonyl (C=O) groups is 1. The lowest BCUT2D eigenvalue weighted by molar-refractivity contribution is -0.110. The van der Waals surface area contributed by atoms with Gasteiger partial charge < -0.3 is 5.32 Å². The molecule has 0 radical (unpaired) electrons. The second kappa shape index (κ2) is 4.53. The van der Waals surface area contributed by atoms with Crippen LogP contribution in [0.1, 0.15) is 45.5 Å². The molecule has 0 bridgehead atoms. The molecule has 4 heteroatoms. The van der Waals surface area contributed by atoms with Crippen LogP contribution in [-0.4, -0.2) is 10.9 Å². The van der Waals surface area contributed by atoms with E-state index in [9.17, 15) is 4.79 Å². The molecule has 0 aromatic carbocycles. The van der Waals surface area contributed by atoms with E-state index in [0.717, 1.165) is 23.0 Å². The molecule has 106 valence electrons. The number of fused-ring (bicyclic) bond motifs is 1. The molecule has 2 aromatic heterocycles. The molecule has 1 N–H and O–H groups in total. The number of nitrogens with one attached hydrogen (secondary N) is 1. The van der Waals surface area contributed by atoms with Crippen molar-refractivity contribution in [1.29, 1.82) is 0 Å². The van der Waals surface area contributed by atoms with Crippen LogP contribution in [0.15, 0.2) is 18.2 Å². The maximum absolute atomic E-state index is 12.2. The Hall–Kier alpha value is -1.94. The van der Waals surface area contributed by atoms with Gasteiger partial charge in [-0.25, -0.2) is 0 Å². The molecule has 2 aromatic rings. The monoisotopic (exact) mass is 296 g/mol. The number of aromatic nitrogens is 1. The predicted octanol–water partition coefficient (Wildman–Crippen LogP) is 4.13. The van der Waals surface area contributed by atoms with Gasteiger partial charge in [-0.3, -0.25) is 9.78 Å². The van der Waals surface area contributed by atoms with Crippen molar-refractivity contribution in [2.75, 3.05) is 5.32 Å². The lowest BCUT2D eigenvalue weighted by atomic mass is 10.1. The molecule has 0 unspecified atom stereocenters. The number of anilines is 1. The Morgan fingerprint density at radius 2 is 2.14 bits per heavy atom. The highest BCUT2D eigenvalue weighted by atomic mass is 32.1. The highest BCUT2D eigenvalue weighted by Crippen LogP contribution is 2.45. The van der Waals surface area contributed by atoms with Crippen molar-refractivity contribution >= 4 is 34.6 Å². The zero-order valence-corrected chi connectivity index (χ0v) is 12.9. The van der Waals surface area contributed by atoms with Crippen LogP contribution in [0, 0.1) is 13.8 Å². The summed E-state index contributed by atoms with van der Waals surface area (Å²) in [6.07, 6.45) is 4.61. The van der Waals surface area contributed by atoms with Gasteiger partial charge in [0.15, 0.2) is 0 Å². The lowest BCUT2D eigenvalue weighted by Gasteiger charge is -1.99. The molecule has 1 fully saturated rings. The molecule has 3 heterocycles. The van der Waals surface area contributed by atoms with E-state index in [1.165, 1.54) is 28.2 Å². The van der Waals surface area contributed by atoms with Crippen molar-refractivity contribution in [3.63, 3.8) is 0 Å². The normalized spacial score (nSPS) is 19.0. The third kappa shape index (κ3) is 2.20. The SMILES string of the molecule is Cc1ccc2c(n1)C(=Cc1sc(C3CC3)cc1C)C(=O)N2. The van der Waals surface area contributed by atoms with Gasteiger partial charge in [0.05, 0.1) is 17.0 Å². The number of aryl methyl sites for hydroxylation is 2. The van der Waals surface area contributed by atoms with Gasteiger partial charge in [-0.1, -0.05) is 0 Å². The Kier molecular flexibility index (Phi) is 2.76. The van der Waals surface area contributed by atoms with Crippen LogP contribution in [0.3, 0.4) is 0 Å². The Labute approximate surface area is 127 Å². The first-order chi connectivity index (χ1) is 10.1. The van der Waals surface area contributed by atoms with Gasteiger partial charge in [0.25, 0.3) is 5.91 Å². The van der Waals surface area contributed by atoms with Crippen molar-refractivity contribution in [2.45, 2.75) is 32.6 Å². The maximum atomic E-state index is 12.2. The molecule has 1 amide bonds. The number of hydrogen-bond donors (Lipinski definition) is 1. The summed E-state index contributed by atoms with van der Waals surface area (Å²) in [6, 6.07) is 6.11. The first-order valence-electron chi connectivity index (χ1n) is 7.23. The summed E-state index contributed by atoms with van der Waals surface area (Å²) in [5.41, 5.74) is 4.45. The number of thiophene rings is 1. The molecule has 3 nitrogen and oxygen atoms in total. The largest absolute Gasteiger partial charge is 0.320 e. The number of carbonyl (C=O) groups excluding carboxylic acids is 1. The van der Waals surface area contributed by atoms with E-state index in [0.29, 0.717) is 5.57 Å². The Morgan fingerprint density at radius 1 is 1.33 bits per heavy atom. The summed E-state index contributed by atoms with van der Waals surface area (Å²) in [5, 5.41) is 2.89. The number of hydrogen-bond acceptors (Lipinski definition) is 3. The van der Waals surface area contributed by atoms with Crippen molar-refractivity contribution in [1.82, 2.24) is 4.98 Å². The van der Waals surface area contributed by atoms with E-state index in [1.807, 2.05) is 36.5 Å². The minimum absolute atomic E-state index is 0.0520. The molecule has 0 saturated heterocycles. The molecular weight excluding hydrogens is 280 g/mol. The molecule has 1 aliphatic carbocycles. The Morgan fingerprint density at radius 3 is 2.90 bits per heavy atom. The highest BCUT2D eigenvalue weighted by molar-refractivity contribution is 7.13. The lowest BCUT2D eigenvalue weighted by Crippen LogP contribution is -2.03. The average Bonchev–Trinajstić information content (AvgIpc) is 3.17. The minimum Gasteiger partial charge on any atom is -0.320 e. The van der Waals surface area contributed by atoms with Gasteiger partial charge in [0.2, 0.25) is 0 Å². The van der Waals surface area contributed by atoms with E-state index in [-0.39, 0.29) is 5.91 Å². The van der Waals surface area contributed by atoms with Crippen LogP contribution >= 0.6 is 11.3 Å². The second-order valence-corrected chi connectivity index (χ2v) is 6.95. The van der Waals surface area contributed by atoms with Crippen LogP contribution in [0.5, 0.6) is 0 Å². The van der Waals surface area contributed by atoms with E-state index in [4.69, 9.17) is 0 Å². The van der Waals surface area contributed by atoms with Crippen LogP contribution in [0.4, 0.5) is 5.69 Å². The fraction of sp³-hybridized carbons (Fsp3) is 0.294. The number of amides is 1. The Balaban J connectivity index is 1.79. The minimum atomic E-state index is -0.0520. The molecule has 4 rings (SSSR count). The van der Waals surface area contributed by atoms with Gasteiger partial charge in [-0.15, -0.1) is 11.3 Å². The fourth-order valence-corrected chi connectivity index (χ4v) is 3.95. The number of rotatable bonds is 2. The van der Waals surface area contributed by atoms with E-state index in [1.54, 1.807) is 0 Å². The van der Waals surface area contributed by atoms with Crippen molar-refractivity contribution in [3.05, 3.63) is 44.9 Å².